The quantitative estimate of drug-likeness (QED) is 0.780. The zero-order valence-corrected chi connectivity index (χ0v) is 8.25. The number of amidine groups is 1. The van der Waals surface area contributed by atoms with Crippen molar-refractivity contribution in [1.82, 2.24) is 10.3 Å². The van der Waals surface area contributed by atoms with Crippen LogP contribution in [-0.2, 0) is 11.3 Å². The summed E-state index contributed by atoms with van der Waals surface area (Å²) in [6.45, 7) is 0.517. The summed E-state index contributed by atoms with van der Waals surface area (Å²) in [5, 5.41) is 3.37. The highest BCUT2D eigenvalue weighted by Gasteiger charge is 2.15. The van der Waals surface area contributed by atoms with Crippen LogP contribution in [0, 0.1) is 0 Å². The number of pyridine rings is 1. The Morgan fingerprint density at radius 2 is 2.50 bits per heavy atom. The number of aromatic nitrogens is 1. The summed E-state index contributed by atoms with van der Waals surface area (Å²) < 4.78 is 0. The summed E-state index contributed by atoms with van der Waals surface area (Å²) in [5.41, 5.74) is 0.904. The Labute approximate surface area is 85.8 Å². The molecule has 0 saturated carbocycles. The van der Waals surface area contributed by atoms with Gasteiger partial charge in [-0.15, -0.1) is 0 Å². The highest BCUT2D eigenvalue weighted by molar-refractivity contribution is 8.15. The molecule has 2 rings (SSSR count). The third kappa shape index (κ3) is 2.32. The van der Waals surface area contributed by atoms with E-state index in [1.807, 2.05) is 18.2 Å². The fraction of sp³-hybridized carbons (Fsp3) is 0.222. The molecule has 1 fully saturated rings. The van der Waals surface area contributed by atoms with Crippen molar-refractivity contribution in [1.29, 1.82) is 0 Å². The van der Waals surface area contributed by atoms with Gasteiger partial charge in [-0.25, -0.2) is 0 Å². The first-order valence-corrected chi connectivity index (χ1v) is 5.20. The molecule has 0 bridgehead atoms. The Morgan fingerprint density at radius 1 is 1.57 bits per heavy atom. The highest BCUT2D eigenvalue weighted by atomic mass is 32.2. The Bertz CT molecular complexity index is 364. The van der Waals surface area contributed by atoms with Crippen molar-refractivity contribution in [2.45, 2.75) is 6.54 Å². The molecule has 1 saturated heterocycles. The average molecular weight is 207 g/mol. The standard InChI is InChI=1S/C9H9N3OS/c13-8-6-14-9(12-8)11-5-7-3-1-2-4-10-7/h1-4H,5-6H2,(H,11,12,13). The summed E-state index contributed by atoms with van der Waals surface area (Å²) in [7, 11) is 0. The van der Waals surface area contributed by atoms with Crippen LogP contribution in [-0.4, -0.2) is 21.8 Å². The molecule has 0 aliphatic carbocycles. The van der Waals surface area contributed by atoms with Gasteiger partial charge in [0.2, 0.25) is 5.91 Å². The van der Waals surface area contributed by atoms with E-state index in [0.717, 1.165) is 5.69 Å². The number of hydrogen-bond donors (Lipinski definition) is 1. The summed E-state index contributed by atoms with van der Waals surface area (Å²) >= 11 is 1.43. The van der Waals surface area contributed by atoms with Crippen molar-refractivity contribution in [3.05, 3.63) is 30.1 Å². The zero-order chi connectivity index (χ0) is 9.80. The number of nitrogens with zero attached hydrogens (tertiary/aromatic N) is 2. The van der Waals surface area contributed by atoms with Crippen LogP contribution in [0.4, 0.5) is 0 Å². The van der Waals surface area contributed by atoms with E-state index >= 15 is 0 Å². The molecule has 72 valence electrons. The lowest BCUT2D eigenvalue weighted by atomic mass is 10.4. The van der Waals surface area contributed by atoms with Crippen LogP contribution < -0.4 is 5.32 Å². The first-order chi connectivity index (χ1) is 6.84. The number of amides is 1. The maximum Gasteiger partial charge on any atom is 0.236 e. The first kappa shape index (κ1) is 9.21. The number of aliphatic imine (C=N–C) groups is 1. The van der Waals surface area contributed by atoms with E-state index in [-0.39, 0.29) is 5.91 Å². The van der Waals surface area contributed by atoms with Gasteiger partial charge in [0, 0.05) is 6.20 Å². The van der Waals surface area contributed by atoms with Crippen LogP contribution in [0.25, 0.3) is 0 Å². The maximum atomic E-state index is 10.8. The summed E-state index contributed by atoms with van der Waals surface area (Å²) in [5.74, 6) is 0.496. The molecular formula is C9H9N3OS. The van der Waals surface area contributed by atoms with Gasteiger partial charge in [0.1, 0.15) is 0 Å². The molecule has 2 heterocycles. The number of thioether (sulfide) groups is 1. The van der Waals surface area contributed by atoms with Gasteiger partial charge >= 0.3 is 0 Å². The molecule has 0 atom stereocenters. The molecular weight excluding hydrogens is 198 g/mol. The van der Waals surface area contributed by atoms with Crippen molar-refractivity contribution >= 4 is 22.8 Å². The fourth-order valence-electron chi connectivity index (χ4n) is 1.05. The average Bonchev–Trinajstić information content (AvgIpc) is 2.63. The van der Waals surface area contributed by atoms with Crippen molar-refractivity contribution in [2.24, 2.45) is 4.99 Å². The summed E-state index contributed by atoms with van der Waals surface area (Å²) in [4.78, 5) is 19.2. The van der Waals surface area contributed by atoms with Crippen LogP contribution in [0.1, 0.15) is 5.69 Å². The lowest BCUT2D eigenvalue weighted by Gasteiger charge is -1.96. The highest BCUT2D eigenvalue weighted by Crippen LogP contribution is 2.09. The first-order valence-electron chi connectivity index (χ1n) is 4.21. The van der Waals surface area contributed by atoms with Gasteiger partial charge in [-0.3, -0.25) is 14.8 Å². The molecule has 1 N–H and O–H groups in total. The fourth-order valence-corrected chi connectivity index (χ4v) is 1.74. The molecule has 1 aliphatic heterocycles. The minimum absolute atomic E-state index is 0.0229. The van der Waals surface area contributed by atoms with Crippen LogP contribution in [0.5, 0.6) is 0 Å². The van der Waals surface area contributed by atoms with Crippen LogP contribution >= 0.6 is 11.8 Å². The van der Waals surface area contributed by atoms with Gasteiger partial charge < -0.3 is 5.32 Å². The Hall–Kier alpha value is -1.36. The van der Waals surface area contributed by atoms with Gasteiger partial charge in [-0.1, -0.05) is 17.8 Å². The van der Waals surface area contributed by atoms with E-state index in [2.05, 4.69) is 15.3 Å². The van der Waals surface area contributed by atoms with Crippen molar-refractivity contribution in [2.75, 3.05) is 5.75 Å². The lowest BCUT2D eigenvalue weighted by Crippen LogP contribution is -2.20. The molecule has 14 heavy (non-hydrogen) atoms. The minimum Gasteiger partial charge on any atom is -0.305 e. The summed E-state index contributed by atoms with van der Waals surface area (Å²) in [6.07, 6.45) is 1.73. The van der Waals surface area contributed by atoms with E-state index in [1.165, 1.54) is 11.8 Å². The van der Waals surface area contributed by atoms with Crippen LogP contribution in [0.15, 0.2) is 29.4 Å². The normalized spacial score (nSPS) is 18.6. The molecule has 5 heteroatoms. The monoisotopic (exact) mass is 207 g/mol. The summed E-state index contributed by atoms with van der Waals surface area (Å²) in [6, 6.07) is 5.69. The van der Waals surface area contributed by atoms with Gasteiger partial charge in [0.15, 0.2) is 5.17 Å². The topological polar surface area (TPSA) is 54.4 Å². The van der Waals surface area contributed by atoms with E-state index < -0.39 is 0 Å². The molecule has 1 aliphatic rings. The van der Waals surface area contributed by atoms with Crippen molar-refractivity contribution < 1.29 is 4.79 Å². The van der Waals surface area contributed by atoms with Crippen LogP contribution in [0.2, 0.25) is 0 Å². The van der Waals surface area contributed by atoms with Gasteiger partial charge in [0.05, 0.1) is 18.0 Å². The Kier molecular flexibility index (Phi) is 2.78. The largest absolute Gasteiger partial charge is 0.305 e. The number of carbonyl (C=O) groups excluding carboxylic acids is 1. The smallest absolute Gasteiger partial charge is 0.236 e. The molecule has 1 amide bonds. The molecule has 4 nitrogen and oxygen atoms in total. The van der Waals surface area contributed by atoms with E-state index in [1.54, 1.807) is 6.20 Å². The molecule has 0 spiro atoms. The van der Waals surface area contributed by atoms with Crippen LogP contribution in [0.3, 0.4) is 0 Å². The van der Waals surface area contributed by atoms with Gasteiger partial charge in [0.25, 0.3) is 0 Å². The number of carbonyl (C=O) groups is 1. The minimum atomic E-state index is 0.0229. The van der Waals surface area contributed by atoms with Gasteiger partial charge in [-0.05, 0) is 12.1 Å². The molecule has 1 aromatic rings. The second-order valence-corrected chi connectivity index (χ2v) is 3.74. The lowest BCUT2D eigenvalue weighted by molar-refractivity contribution is -0.116. The van der Waals surface area contributed by atoms with Crippen molar-refractivity contribution in [3.8, 4) is 0 Å². The SMILES string of the molecule is O=C1CSC(=NCc2ccccn2)N1. The third-order valence-electron chi connectivity index (χ3n) is 1.70. The second kappa shape index (κ2) is 4.23. The maximum absolute atomic E-state index is 10.8. The van der Waals surface area contributed by atoms with E-state index in [9.17, 15) is 4.79 Å². The third-order valence-corrected chi connectivity index (χ3v) is 2.61. The molecule has 0 unspecified atom stereocenters. The van der Waals surface area contributed by atoms with Crippen molar-refractivity contribution in [3.63, 3.8) is 0 Å². The predicted octanol–water partition coefficient (Wildman–Crippen LogP) is 0.801. The zero-order valence-electron chi connectivity index (χ0n) is 7.43. The van der Waals surface area contributed by atoms with E-state index in [4.69, 9.17) is 0 Å². The predicted molar refractivity (Wildman–Crippen MR) is 56.0 cm³/mol. The Balaban J connectivity index is 1.97. The number of hydrogen-bond acceptors (Lipinski definition) is 4. The van der Waals surface area contributed by atoms with Gasteiger partial charge in [-0.2, -0.15) is 0 Å². The number of nitrogens with one attached hydrogen (secondary N) is 1. The van der Waals surface area contributed by atoms with E-state index in [0.29, 0.717) is 17.5 Å². The molecule has 0 radical (unpaired) electrons. The molecule has 0 aromatic carbocycles. The number of rotatable bonds is 2. The second-order valence-electron chi connectivity index (χ2n) is 2.78. The Morgan fingerprint density at radius 3 is 3.14 bits per heavy atom. The molecule has 1 aromatic heterocycles.